The van der Waals surface area contributed by atoms with Crippen LogP contribution in [0.2, 0.25) is 5.28 Å². The first-order valence-corrected chi connectivity index (χ1v) is 6.80. The van der Waals surface area contributed by atoms with Crippen molar-refractivity contribution in [3.8, 4) is 0 Å². The molecule has 2 rings (SSSR count). The van der Waals surface area contributed by atoms with Crippen LogP contribution < -0.4 is 0 Å². The van der Waals surface area contributed by atoms with Gasteiger partial charge >= 0.3 is 6.09 Å². The van der Waals surface area contributed by atoms with Crippen LogP contribution in [0.1, 0.15) is 20.8 Å². The molecule has 0 amide bonds. The molecule has 0 N–H and O–H groups in total. The Hall–Kier alpha value is -0.820. The van der Waals surface area contributed by atoms with Gasteiger partial charge in [0.15, 0.2) is 0 Å². The van der Waals surface area contributed by atoms with E-state index in [1.54, 1.807) is 26.8 Å². The Balaban J connectivity index is 2.51. The first-order valence-electron chi connectivity index (χ1n) is 5.35. The van der Waals surface area contributed by atoms with Gasteiger partial charge in [0.25, 0.3) is 0 Å². The molecule has 6 heteroatoms. The van der Waals surface area contributed by atoms with Crippen LogP contribution in [0.15, 0.2) is 18.2 Å². The summed E-state index contributed by atoms with van der Waals surface area (Å²) < 4.78 is 7.61. The highest BCUT2D eigenvalue weighted by molar-refractivity contribution is 14.1. The fourth-order valence-electron chi connectivity index (χ4n) is 1.51. The van der Waals surface area contributed by atoms with Crippen molar-refractivity contribution in [1.29, 1.82) is 0 Å². The standard InChI is InChI=1S/C12H12ClIN2O2/c1-12(2,3)18-11(17)16-9-5-4-7(14)6-8(9)15-10(16)13/h4-6H,1-3H3. The van der Waals surface area contributed by atoms with Crippen molar-refractivity contribution >= 4 is 51.3 Å². The summed E-state index contributed by atoms with van der Waals surface area (Å²) in [5.41, 5.74) is 0.757. The van der Waals surface area contributed by atoms with E-state index in [1.807, 2.05) is 12.1 Å². The van der Waals surface area contributed by atoms with Gasteiger partial charge in [-0.15, -0.1) is 0 Å². The van der Waals surface area contributed by atoms with E-state index < -0.39 is 11.7 Å². The molecule has 1 aromatic heterocycles. The zero-order chi connectivity index (χ0) is 13.5. The van der Waals surface area contributed by atoms with E-state index >= 15 is 0 Å². The number of hydrogen-bond donors (Lipinski definition) is 0. The summed E-state index contributed by atoms with van der Waals surface area (Å²) in [4.78, 5) is 16.2. The predicted molar refractivity (Wildman–Crippen MR) is 79.1 cm³/mol. The molecule has 1 heterocycles. The molecule has 2 aromatic rings. The summed E-state index contributed by atoms with van der Waals surface area (Å²) >= 11 is 8.17. The van der Waals surface area contributed by atoms with E-state index in [0.717, 1.165) is 3.57 Å². The van der Waals surface area contributed by atoms with E-state index in [4.69, 9.17) is 16.3 Å². The zero-order valence-corrected chi connectivity index (χ0v) is 13.1. The first kappa shape index (κ1) is 13.6. The number of carbonyl (C=O) groups excluding carboxylic acids is 1. The Labute approximate surface area is 123 Å². The van der Waals surface area contributed by atoms with Crippen LogP contribution >= 0.6 is 34.2 Å². The SMILES string of the molecule is CC(C)(C)OC(=O)n1c(Cl)nc2cc(I)ccc21. The second kappa shape index (κ2) is 4.70. The third-order valence-corrected chi connectivity index (χ3v) is 3.08. The van der Waals surface area contributed by atoms with Crippen molar-refractivity contribution in [2.45, 2.75) is 26.4 Å². The third kappa shape index (κ3) is 2.77. The number of nitrogens with zero attached hydrogens (tertiary/aromatic N) is 2. The van der Waals surface area contributed by atoms with E-state index in [2.05, 4.69) is 27.6 Å². The quantitative estimate of drug-likeness (QED) is 0.649. The van der Waals surface area contributed by atoms with Crippen molar-refractivity contribution in [1.82, 2.24) is 9.55 Å². The summed E-state index contributed by atoms with van der Waals surface area (Å²) in [5, 5.41) is 0.112. The smallest absolute Gasteiger partial charge is 0.421 e. The molecular weight excluding hydrogens is 367 g/mol. The van der Waals surface area contributed by atoms with E-state index in [9.17, 15) is 4.79 Å². The molecule has 4 nitrogen and oxygen atoms in total. The van der Waals surface area contributed by atoms with Gasteiger partial charge in [0.05, 0.1) is 11.0 Å². The average molecular weight is 379 g/mol. The second-order valence-corrected chi connectivity index (χ2v) is 6.41. The Morgan fingerprint density at radius 3 is 2.72 bits per heavy atom. The van der Waals surface area contributed by atoms with Gasteiger partial charge < -0.3 is 4.74 Å². The van der Waals surface area contributed by atoms with Crippen LogP contribution in [0.25, 0.3) is 11.0 Å². The minimum atomic E-state index is -0.569. The highest BCUT2D eigenvalue weighted by atomic mass is 127. The molecule has 0 bridgehead atoms. The summed E-state index contributed by atoms with van der Waals surface area (Å²) in [5.74, 6) is 0. The summed E-state index contributed by atoms with van der Waals surface area (Å²) in [6, 6.07) is 5.56. The molecule has 96 valence electrons. The van der Waals surface area contributed by atoms with Crippen molar-refractivity contribution in [2.75, 3.05) is 0 Å². The minimum Gasteiger partial charge on any atom is -0.443 e. The maximum atomic E-state index is 12.1. The Kier molecular flexibility index (Phi) is 3.55. The molecule has 1 aromatic carbocycles. The number of aromatic nitrogens is 2. The summed E-state index contributed by atoms with van der Waals surface area (Å²) in [7, 11) is 0. The predicted octanol–water partition coefficient (Wildman–Crippen LogP) is 4.08. The molecular formula is C12H12ClIN2O2. The number of carbonyl (C=O) groups is 1. The number of imidazole rings is 1. The lowest BCUT2D eigenvalue weighted by atomic mass is 10.2. The maximum absolute atomic E-state index is 12.1. The van der Waals surface area contributed by atoms with Crippen LogP contribution in [0.4, 0.5) is 4.79 Å². The van der Waals surface area contributed by atoms with Crippen LogP contribution in [0.3, 0.4) is 0 Å². The van der Waals surface area contributed by atoms with Crippen molar-refractivity contribution in [3.05, 3.63) is 27.1 Å². The van der Waals surface area contributed by atoms with E-state index in [-0.39, 0.29) is 5.28 Å². The van der Waals surface area contributed by atoms with Crippen molar-refractivity contribution in [3.63, 3.8) is 0 Å². The highest BCUT2D eigenvalue weighted by Gasteiger charge is 2.22. The monoisotopic (exact) mass is 378 g/mol. The Bertz CT molecular complexity index is 616. The molecule has 0 saturated heterocycles. The maximum Gasteiger partial charge on any atom is 0.421 e. The van der Waals surface area contributed by atoms with Gasteiger partial charge in [-0.25, -0.2) is 14.3 Å². The van der Waals surface area contributed by atoms with Crippen molar-refractivity contribution < 1.29 is 9.53 Å². The normalized spacial score (nSPS) is 11.8. The summed E-state index contributed by atoms with van der Waals surface area (Å²) in [6.07, 6.45) is -0.517. The Morgan fingerprint density at radius 1 is 1.44 bits per heavy atom. The summed E-state index contributed by atoms with van der Waals surface area (Å²) in [6.45, 7) is 5.42. The molecule has 18 heavy (non-hydrogen) atoms. The molecule has 0 spiro atoms. The molecule has 0 unspecified atom stereocenters. The molecule has 0 aliphatic carbocycles. The Morgan fingerprint density at radius 2 is 2.11 bits per heavy atom. The van der Waals surface area contributed by atoms with Gasteiger partial charge in [0.2, 0.25) is 5.28 Å². The van der Waals surface area contributed by atoms with Crippen LogP contribution in [0.5, 0.6) is 0 Å². The molecule has 0 radical (unpaired) electrons. The molecule has 0 saturated carbocycles. The second-order valence-electron chi connectivity index (χ2n) is 4.83. The topological polar surface area (TPSA) is 44.1 Å². The highest BCUT2D eigenvalue weighted by Crippen LogP contribution is 2.23. The number of rotatable bonds is 0. The number of hydrogen-bond acceptors (Lipinski definition) is 3. The van der Waals surface area contributed by atoms with E-state index in [1.165, 1.54) is 4.57 Å². The molecule has 0 aliphatic heterocycles. The number of halogens is 2. The third-order valence-electron chi connectivity index (χ3n) is 2.15. The molecule has 0 fully saturated rings. The van der Waals surface area contributed by atoms with Gasteiger partial charge in [-0.3, -0.25) is 0 Å². The lowest BCUT2D eigenvalue weighted by Gasteiger charge is -2.19. The van der Waals surface area contributed by atoms with Gasteiger partial charge in [-0.05, 0) is 73.2 Å². The zero-order valence-electron chi connectivity index (χ0n) is 10.2. The van der Waals surface area contributed by atoms with Gasteiger partial charge in [0.1, 0.15) is 5.60 Å². The fourth-order valence-corrected chi connectivity index (χ4v) is 2.23. The van der Waals surface area contributed by atoms with Crippen LogP contribution in [-0.4, -0.2) is 21.2 Å². The minimum absolute atomic E-state index is 0.112. The van der Waals surface area contributed by atoms with Crippen LogP contribution in [0, 0.1) is 3.57 Å². The molecule has 0 atom stereocenters. The fraction of sp³-hybridized carbons (Fsp3) is 0.333. The number of fused-ring (bicyclic) bond motifs is 1. The van der Waals surface area contributed by atoms with E-state index in [0.29, 0.717) is 11.0 Å². The molecule has 0 aliphatic rings. The number of ether oxygens (including phenoxy) is 1. The van der Waals surface area contributed by atoms with Gasteiger partial charge in [-0.2, -0.15) is 0 Å². The average Bonchev–Trinajstić information content (AvgIpc) is 2.50. The van der Waals surface area contributed by atoms with Gasteiger partial charge in [0, 0.05) is 3.57 Å². The lowest BCUT2D eigenvalue weighted by molar-refractivity contribution is 0.0544. The van der Waals surface area contributed by atoms with Gasteiger partial charge in [-0.1, -0.05) is 0 Å². The number of benzene rings is 1. The van der Waals surface area contributed by atoms with Crippen molar-refractivity contribution in [2.24, 2.45) is 0 Å². The van der Waals surface area contributed by atoms with Crippen LogP contribution in [-0.2, 0) is 4.74 Å². The lowest BCUT2D eigenvalue weighted by Crippen LogP contribution is -2.27. The largest absolute Gasteiger partial charge is 0.443 e. The first-order chi connectivity index (χ1) is 8.28.